The Morgan fingerprint density at radius 3 is 0.744 bits per heavy atom. The number of hydrogen-bond donors (Lipinski definition) is 0. The molecule has 0 radical (unpaired) electrons. The summed E-state index contributed by atoms with van der Waals surface area (Å²) in [5.41, 5.74) is -2.61. The van der Waals surface area contributed by atoms with Crippen LogP contribution in [0.1, 0.15) is 57.2 Å². The summed E-state index contributed by atoms with van der Waals surface area (Å²) in [6.45, 7) is 7.27. The molecule has 0 fully saturated rings. The van der Waals surface area contributed by atoms with Crippen molar-refractivity contribution in [2.45, 2.75) is 90.4 Å². The van der Waals surface area contributed by atoms with Crippen LogP contribution < -0.4 is 0 Å². The maximum atomic E-state index is 12.9. The molecule has 0 aliphatic carbocycles. The van der Waals surface area contributed by atoms with E-state index in [2.05, 4.69) is 0 Å². The molecule has 0 bridgehead atoms. The second-order valence-electron chi connectivity index (χ2n) is 9.84. The van der Waals surface area contributed by atoms with E-state index >= 15 is 0 Å². The standard InChI is InChI=1S/2C10H11F7O2.Ca.2H/c2*1-7(2,3)5(18)4-6(19)8(11,12)9(13,14)10(15,16)17;;;/h2*4H2,1-3H3;;;/q;;+2;2*-1. The number of carbonyl (C=O) groups excluding carboxylic acids is 4. The average molecular weight is 634 g/mol. The van der Waals surface area contributed by atoms with E-state index < -0.39 is 82.8 Å². The fourth-order valence-electron chi connectivity index (χ4n) is 1.75. The summed E-state index contributed by atoms with van der Waals surface area (Å²) in [6, 6.07) is 0. The van der Waals surface area contributed by atoms with Crippen molar-refractivity contribution in [2.75, 3.05) is 0 Å². The molecule has 228 valence electrons. The van der Waals surface area contributed by atoms with Crippen molar-refractivity contribution in [3.05, 3.63) is 0 Å². The molecule has 0 aromatic carbocycles. The van der Waals surface area contributed by atoms with E-state index in [1.165, 1.54) is 41.5 Å². The Bertz CT molecular complexity index is 845. The Labute approximate surface area is 245 Å². The minimum Gasteiger partial charge on any atom is -1.00 e. The number of hydrogen-bond acceptors (Lipinski definition) is 4. The maximum Gasteiger partial charge on any atom is 2.00 e. The molecule has 19 heteroatoms. The van der Waals surface area contributed by atoms with Crippen LogP contribution in [0.25, 0.3) is 0 Å². The Balaban J connectivity index is -0.000000196. The van der Waals surface area contributed by atoms with Crippen molar-refractivity contribution in [3.63, 3.8) is 0 Å². The van der Waals surface area contributed by atoms with E-state index in [0.717, 1.165) is 0 Å². The topological polar surface area (TPSA) is 68.3 Å². The molecule has 0 saturated carbocycles. The van der Waals surface area contributed by atoms with Gasteiger partial charge in [-0.05, 0) is 0 Å². The minimum absolute atomic E-state index is 0. The molecule has 0 aliphatic rings. The van der Waals surface area contributed by atoms with Gasteiger partial charge in [-0.25, -0.2) is 0 Å². The molecule has 0 aliphatic heterocycles. The third-order valence-electron chi connectivity index (χ3n) is 4.52. The first-order valence-electron chi connectivity index (χ1n) is 9.88. The number of carbonyl (C=O) groups is 4. The SMILES string of the molecule is CC(C)(C)C(=O)CC(=O)C(F)(F)C(F)(F)C(F)(F)F.CC(C)(C)C(=O)CC(=O)C(F)(F)C(F)(F)C(F)(F)F.[Ca+2].[H-].[H-]. The monoisotopic (exact) mass is 634 g/mol. The molecule has 0 aromatic heterocycles. The summed E-state index contributed by atoms with van der Waals surface area (Å²) in [4.78, 5) is 44.2. The van der Waals surface area contributed by atoms with Crippen LogP contribution in [0.4, 0.5) is 61.5 Å². The van der Waals surface area contributed by atoms with Gasteiger partial charge in [0.1, 0.15) is 11.6 Å². The van der Waals surface area contributed by atoms with Gasteiger partial charge in [-0.2, -0.15) is 61.5 Å². The number of alkyl halides is 14. The Morgan fingerprint density at radius 1 is 0.436 bits per heavy atom. The van der Waals surface area contributed by atoms with Gasteiger partial charge < -0.3 is 2.85 Å². The van der Waals surface area contributed by atoms with Crippen molar-refractivity contribution < 1.29 is 83.5 Å². The molecule has 0 amide bonds. The fraction of sp³-hybridized carbons (Fsp3) is 0.800. The summed E-state index contributed by atoms with van der Waals surface area (Å²) in [5.74, 6) is -32.8. The van der Waals surface area contributed by atoms with Crippen molar-refractivity contribution in [1.29, 1.82) is 0 Å². The van der Waals surface area contributed by atoms with E-state index in [9.17, 15) is 80.6 Å². The molecular weight excluding hydrogens is 610 g/mol. The summed E-state index contributed by atoms with van der Waals surface area (Å²) >= 11 is 0. The van der Waals surface area contributed by atoms with Crippen molar-refractivity contribution in [1.82, 2.24) is 0 Å². The van der Waals surface area contributed by atoms with Gasteiger partial charge in [0.2, 0.25) is 11.6 Å². The quantitative estimate of drug-likeness (QED) is 0.171. The summed E-state index contributed by atoms with van der Waals surface area (Å²) < 4.78 is 172. The first-order valence-corrected chi connectivity index (χ1v) is 9.88. The molecule has 0 rings (SSSR count). The van der Waals surface area contributed by atoms with Gasteiger partial charge >= 0.3 is 73.8 Å². The van der Waals surface area contributed by atoms with Crippen LogP contribution in [0.3, 0.4) is 0 Å². The molecular formula is C20H24CaF14O4. The summed E-state index contributed by atoms with van der Waals surface area (Å²) in [5, 5.41) is 0. The third kappa shape index (κ3) is 10.1. The summed E-state index contributed by atoms with van der Waals surface area (Å²) in [7, 11) is 0. The molecule has 0 heterocycles. The molecule has 0 spiro atoms. The molecule has 0 unspecified atom stereocenters. The first kappa shape index (κ1) is 42.4. The second-order valence-corrected chi connectivity index (χ2v) is 9.84. The molecule has 0 N–H and O–H groups in total. The molecule has 39 heavy (non-hydrogen) atoms. The third-order valence-corrected chi connectivity index (χ3v) is 4.52. The average Bonchev–Trinajstić information content (AvgIpc) is 2.64. The van der Waals surface area contributed by atoms with Gasteiger partial charge in [0, 0.05) is 10.8 Å². The van der Waals surface area contributed by atoms with Crippen molar-refractivity contribution in [2.24, 2.45) is 10.8 Å². The van der Waals surface area contributed by atoms with Gasteiger partial charge in [0.25, 0.3) is 0 Å². The van der Waals surface area contributed by atoms with Gasteiger partial charge in [0.15, 0.2) is 0 Å². The van der Waals surface area contributed by atoms with Crippen LogP contribution in [-0.4, -0.2) is 96.9 Å². The van der Waals surface area contributed by atoms with Gasteiger partial charge in [-0.3, -0.25) is 19.2 Å². The number of rotatable bonds is 8. The normalized spacial score (nSPS) is 14.1. The van der Waals surface area contributed by atoms with Crippen molar-refractivity contribution >= 4 is 60.9 Å². The summed E-state index contributed by atoms with van der Waals surface area (Å²) in [6.07, 6.45) is -16.6. The van der Waals surface area contributed by atoms with Crippen LogP contribution in [0.5, 0.6) is 0 Å². The molecule has 4 nitrogen and oxygen atoms in total. The Morgan fingerprint density at radius 2 is 0.615 bits per heavy atom. The second kappa shape index (κ2) is 12.9. The molecule has 0 aromatic rings. The first-order chi connectivity index (χ1) is 16.1. The van der Waals surface area contributed by atoms with Crippen LogP contribution in [0.2, 0.25) is 0 Å². The van der Waals surface area contributed by atoms with Gasteiger partial charge in [-0.1, -0.05) is 41.5 Å². The predicted molar refractivity (Wildman–Crippen MR) is 108 cm³/mol. The van der Waals surface area contributed by atoms with Crippen LogP contribution in [-0.2, 0) is 19.2 Å². The molecule has 0 saturated heterocycles. The van der Waals surface area contributed by atoms with Crippen LogP contribution in [0, 0.1) is 10.8 Å². The van der Waals surface area contributed by atoms with Gasteiger partial charge in [-0.15, -0.1) is 0 Å². The van der Waals surface area contributed by atoms with E-state index in [-0.39, 0.29) is 40.6 Å². The minimum atomic E-state index is -6.59. The smallest absolute Gasteiger partial charge is 1.00 e. The van der Waals surface area contributed by atoms with Crippen LogP contribution in [0.15, 0.2) is 0 Å². The van der Waals surface area contributed by atoms with Crippen LogP contribution >= 0.6 is 0 Å². The number of ketones is 4. The zero-order valence-electron chi connectivity index (χ0n) is 23.0. The van der Waals surface area contributed by atoms with Gasteiger partial charge in [0.05, 0.1) is 12.8 Å². The largest absolute Gasteiger partial charge is 2.00 e. The van der Waals surface area contributed by atoms with E-state index in [1.807, 2.05) is 0 Å². The van der Waals surface area contributed by atoms with Crippen molar-refractivity contribution in [3.8, 4) is 0 Å². The maximum absolute atomic E-state index is 12.9. The van der Waals surface area contributed by atoms with E-state index in [1.54, 1.807) is 0 Å². The Hall–Kier alpha value is -1.04. The Kier molecular flexibility index (Phi) is 14.0. The zero-order valence-corrected chi connectivity index (χ0v) is 23.3. The van der Waals surface area contributed by atoms with E-state index in [0.29, 0.717) is 0 Å². The molecule has 0 atom stereocenters. The van der Waals surface area contributed by atoms with E-state index in [4.69, 9.17) is 0 Å². The number of Topliss-reactive ketones (excluding diaryl/α,β-unsaturated/α-hetero) is 4. The number of halogens is 14. The zero-order chi connectivity index (χ0) is 31.7. The predicted octanol–water partition coefficient (Wildman–Crippen LogP) is 6.63. The fourth-order valence-corrected chi connectivity index (χ4v) is 1.75.